The Morgan fingerprint density at radius 2 is 1.67 bits per heavy atom. The molecule has 0 heterocycles. The van der Waals surface area contributed by atoms with Crippen LogP contribution in [0.5, 0.6) is 0 Å². The zero-order chi connectivity index (χ0) is 9.78. The molecule has 74 valence electrons. The Morgan fingerprint density at radius 3 is 2.00 bits per heavy atom. The van der Waals surface area contributed by atoms with Crippen LogP contribution in [0.4, 0.5) is 17.6 Å². The van der Waals surface area contributed by atoms with Crippen LogP contribution in [0.15, 0.2) is 0 Å². The van der Waals surface area contributed by atoms with Gasteiger partial charge < -0.3 is 0 Å². The average molecular weight is 316 g/mol. The summed E-state index contributed by atoms with van der Waals surface area (Å²) >= 11 is 6.13. The highest BCUT2D eigenvalue weighted by Crippen LogP contribution is 2.29. The fourth-order valence-corrected chi connectivity index (χ4v) is 1.25. The van der Waals surface area contributed by atoms with E-state index >= 15 is 0 Å². The van der Waals surface area contributed by atoms with Gasteiger partial charge in [-0.15, -0.1) is 0 Å². The van der Waals surface area contributed by atoms with Crippen molar-refractivity contribution in [1.29, 1.82) is 0 Å². The fraction of sp³-hybridized carbons (Fsp3) is 1.00. The number of alkyl halides is 6. The summed E-state index contributed by atoms with van der Waals surface area (Å²) in [7, 11) is 0. The second-order valence-corrected chi connectivity index (χ2v) is 5.78. The van der Waals surface area contributed by atoms with Gasteiger partial charge in [0, 0.05) is 6.42 Å². The summed E-state index contributed by atoms with van der Waals surface area (Å²) < 4.78 is 47.5. The first-order valence-electron chi connectivity index (χ1n) is 3.30. The van der Waals surface area contributed by atoms with Gasteiger partial charge in [-0.25, -0.2) is 17.6 Å². The van der Waals surface area contributed by atoms with Gasteiger partial charge in [0.25, 0.3) is 0 Å². The smallest absolute Gasteiger partial charge is 0.204 e. The molecule has 0 atom stereocenters. The van der Waals surface area contributed by atoms with Crippen LogP contribution >= 0.6 is 31.9 Å². The van der Waals surface area contributed by atoms with Crippen LogP contribution in [0.2, 0.25) is 0 Å². The van der Waals surface area contributed by atoms with Gasteiger partial charge in [0.15, 0.2) is 0 Å². The summed E-state index contributed by atoms with van der Waals surface area (Å²) in [5, 5.41) is 0. The summed E-state index contributed by atoms with van der Waals surface area (Å²) in [5.41, 5.74) is 0. The highest BCUT2D eigenvalue weighted by Gasteiger charge is 2.39. The summed E-state index contributed by atoms with van der Waals surface area (Å²) in [4.78, 5) is 0. The maximum absolute atomic E-state index is 12.2. The lowest BCUT2D eigenvalue weighted by Crippen LogP contribution is -2.26. The molecule has 0 nitrogen and oxygen atoms in total. The van der Waals surface area contributed by atoms with E-state index < -0.39 is 18.8 Å². The first kappa shape index (κ1) is 12.7. The third-order valence-corrected chi connectivity index (χ3v) is 2.17. The minimum Gasteiger partial charge on any atom is -0.204 e. The van der Waals surface area contributed by atoms with Crippen LogP contribution in [0.25, 0.3) is 0 Å². The second kappa shape index (κ2) is 5.42. The first-order chi connectivity index (χ1) is 5.36. The standard InChI is InChI=1S/C6H8Br2F4/c7-4(8)2-1-3-6(11,12)5(9)10/h4-5H,1-3H2. The van der Waals surface area contributed by atoms with E-state index in [1.807, 2.05) is 0 Å². The number of hydrogen-bond acceptors (Lipinski definition) is 0. The van der Waals surface area contributed by atoms with Crippen LogP contribution in [-0.2, 0) is 0 Å². The minimum atomic E-state index is -3.84. The Balaban J connectivity index is 3.61. The molecule has 0 bridgehead atoms. The van der Waals surface area contributed by atoms with Gasteiger partial charge in [-0.1, -0.05) is 31.9 Å². The van der Waals surface area contributed by atoms with Crippen molar-refractivity contribution in [1.82, 2.24) is 0 Å². The van der Waals surface area contributed by atoms with E-state index in [9.17, 15) is 17.6 Å². The highest BCUT2D eigenvalue weighted by molar-refractivity contribution is 9.24. The average Bonchev–Trinajstić information content (AvgIpc) is 1.85. The second-order valence-electron chi connectivity index (χ2n) is 2.35. The molecule has 0 saturated heterocycles. The fourth-order valence-electron chi connectivity index (χ4n) is 0.601. The van der Waals surface area contributed by atoms with Gasteiger partial charge in [0.2, 0.25) is 0 Å². The zero-order valence-corrected chi connectivity index (χ0v) is 9.22. The summed E-state index contributed by atoms with van der Waals surface area (Å²) in [6.45, 7) is 0. The molecule has 0 amide bonds. The third kappa shape index (κ3) is 5.35. The van der Waals surface area contributed by atoms with E-state index in [-0.39, 0.29) is 10.2 Å². The Kier molecular flexibility index (Phi) is 5.73. The molecule has 0 saturated carbocycles. The monoisotopic (exact) mass is 314 g/mol. The van der Waals surface area contributed by atoms with Crippen molar-refractivity contribution >= 4 is 31.9 Å². The molecule has 0 unspecified atom stereocenters. The molecule has 6 heteroatoms. The van der Waals surface area contributed by atoms with Crippen molar-refractivity contribution in [2.75, 3.05) is 0 Å². The number of hydrogen-bond donors (Lipinski definition) is 0. The van der Waals surface area contributed by atoms with Crippen LogP contribution in [-0.4, -0.2) is 16.1 Å². The Hall–Kier alpha value is 0.680. The summed E-state index contributed by atoms with van der Waals surface area (Å²) in [6.07, 6.45) is -3.85. The molecule has 0 radical (unpaired) electrons. The van der Waals surface area contributed by atoms with Gasteiger partial charge in [0.05, 0.1) is 3.74 Å². The molecule has 0 aromatic carbocycles. The van der Waals surface area contributed by atoms with Crippen molar-refractivity contribution in [2.24, 2.45) is 0 Å². The lowest BCUT2D eigenvalue weighted by atomic mass is 10.1. The van der Waals surface area contributed by atoms with Crippen molar-refractivity contribution < 1.29 is 17.6 Å². The molecule has 0 N–H and O–H groups in total. The van der Waals surface area contributed by atoms with Gasteiger partial charge in [0.1, 0.15) is 0 Å². The molecule has 12 heavy (non-hydrogen) atoms. The normalized spacial score (nSPS) is 13.0. The van der Waals surface area contributed by atoms with Crippen molar-refractivity contribution in [2.45, 2.75) is 35.3 Å². The Morgan fingerprint density at radius 1 is 1.17 bits per heavy atom. The van der Waals surface area contributed by atoms with Gasteiger partial charge in [-0.05, 0) is 12.8 Å². The Bertz CT molecular complexity index is 127. The van der Waals surface area contributed by atoms with Crippen molar-refractivity contribution in [3.8, 4) is 0 Å². The lowest BCUT2D eigenvalue weighted by molar-refractivity contribution is -0.133. The maximum Gasteiger partial charge on any atom is 0.307 e. The Labute approximate surface area is 85.0 Å². The van der Waals surface area contributed by atoms with Crippen molar-refractivity contribution in [3.05, 3.63) is 0 Å². The third-order valence-electron chi connectivity index (χ3n) is 1.25. The maximum atomic E-state index is 12.2. The van der Waals surface area contributed by atoms with Crippen LogP contribution < -0.4 is 0 Å². The molecule has 0 rings (SSSR count). The van der Waals surface area contributed by atoms with Gasteiger partial charge >= 0.3 is 12.3 Å². The van der Waals surface area contributed by atoms with Crippen LogP contribution in [0.3, 0.4) is 0 Å². The summed E-state index contributed by atoms with van der Waals surface area (Å²) in [6, 6.07) is 0. The molecule has 0 aliphatic carbocycles. The van der Waals surface area contributed by atoms with E-state index in [4.69, 9.17) is 0 Å². The SMILES string of the molecule is FC(F)C(F)(F)CCCC(Br)Br. The molecule has 0 fully saturated rings. The van der Waals surface area contributed by atoms with Gasteiger partial charge in [-0.2, -0.15) is 0 Å². The predicted molar refractivity (Wildman–Crippen MR) is 46.4 cm³/mol. The first-order valence-corrected chi connectivity index (χ1v) is 5.13. The molecular formula is C6H8Br2F4. The topological polar surface area (TPSA) is 0 Å². The summed E-state index contributed by atoms with van der Waals surface area (Å²) in [5.74, 6) is -3.84. The number of rotatable bonds is 5. The predicted octanol–water partition coefficient (Wildman–Crippen LogP) is 4.17. The molecule has 0 spiro atoms. The lowest BCUT2D eigenvalue weighted by Gasteiger charge is -2.14. The van der Waals surface area contributed by atoms with Gasteiger partial charge in [-0.3, -0.25) is 0 Å². The van der Waals surface area contributed by atoms with Crippen LogP contribution in [0, 0.1) is 0 Å². The van der Waals surface area contributed by atoms with E-state index in [1.54, 1.807) is 0 Å². The highest BCUT2D eigenvalue weighted by atomic mass is 79.9. The quantitative estimate of drug-likeness (QED) is 0.527. The van der Waals surface area contributed by atoms with Crippen molar-refractivity contribution in [3.63, 3.8) is 0 Å². The van der Waals surface area contributed by atoms with E-state index in [1.165, 1.54) is 0 Å². The number of halogens is 6. The molecule has 0 aliphatic heterocycles. The molecular weight excluding hydrogens is 308 g/mol. The zero-order valence-electron chi connectivity index (χ0n) is 6.04. The molecule has 0 aromatic rings. The molecule has 0 aromatic heterocycles. The van der Waals surface area contributed by atoms with E-state index in [2.05, 4.69) is 31.9 Å². The van der Waals surface area contributed by atoms with Crippen LogP contribution in [0.1, 0.15) is 19.3 Å². The molecule has 0 aliphatic rings. The van der Waals surface area contributed by atoms with E-state index in [0.29, 0.717) is 6.42 Å². The van der Waals surface area contributed by atoms with E-state index in [0.717, 1.165) is 0 Å². The minimum absolute atomic E-state index is 0.0680. The largest absolute Gasteiger partial charge is 0.307 e.